The van der Waals surface area contributed by atoms with Gasteiger partial charge in [-0.25, -0.2) is 4.79 Å². The highest BCUT2D eigenvalue weighted by atomic mass is 35.5. The van der Waals surface area contributed by atoms with Gasteiger partial charge in [0.2, 0.25) is 0 Å². The highest BCUT2D eigenvalue weighted by Crippen LogP contribution is 2.24. The molecular formula is C17H22ClN3O4. The summed E-state index contributed by atoms with van der Waals surface area (Å²) in [6, 6.07) is 4.52. The minimum absolute atomic E-state index is 0.0367. The molecule has 2 N–H and O–H groups in total. The van der Waals surface area contributed by atoms with Crippen molar-refractivity contribution in [1.82, 2.24) is 10.2 Å². The van der Waals surface area contributed by atoms with Gasteiger partial charge in [-0.1, -0.05) is 11.6 Å². The second-order valence-corrected chi connectivity index (χ2v) is 6.50. The van der Waals surface area contributed by atoms with Crippen LogP contribution in [0.5, 0.6) is 0 Å². The SMILES string of the molecule is O=C(NC[C@@H]1COCCO1)Nc1cc(C(=O)N2CCCC2)ccc1Cl. The molecule has 2 aliphatic rings. The van der Waals surface area contributed by atoms with Crippen LogP contribution in [-0.4, -0.2) is 62.4 Å². The van der Waals surface area contributed by atoms with E-state index in [4.69, 9.17) is 21.1 Å². The molecule has 7 nitrogen and oxygen atoms in total. The third-order valence-electron chi connectivity index (χ3n) is 4.23. The van der Waals surface area contributed by atoms with Crippen molar-refractivity contribution in [2.45, 2.75) is 18.9 Å². The first-order chi connectivity index (χ1) is 12.1. The third-order valence-corrected chi connectivity index (χ3v) is 4.56. The predicted molar refractivity (Wildman–Crippen MR) is 94.2 cm³/mol. The highest BCUT2D eigenvalue weighted by molar-refractivity contribution is 6.33. The molecule has 0 unspecified atom stereocenters. The lowest BCUT2D eigenvalue weighted by Crippen LogP contribution is -2.41. The Morgan fingerprint density at radius 1 is 1.24 bits per heavy atom. The van der Waals surface area contributed by atoms with E-state index in [1.807, 2.05) is 4.90 Å². The van der Waals surface area contributed by atoms with Gasteiger partial charge in [-0.15, -0.1) is 0 Å². The van der Waals surface area contributed by atoms with Crippen LogP contribution in [0.1, 0.15) is 23.2 Å². The Morgan fingerprint density at radius 3 is 2.76 bits per heavy atom. The normalized spacial score (nSPS) is 20.4. The molecule has 8 heteroatoms. The van der Waals surface area contributed by atoms with E-state index in [2.05, 4.69) is 10.6 Å². The minimum Gasteiger partial charge on any atom is -0.376 e. The van der Waals surface area contributed by atoms with Crippen LogP contribution < -0.4 is 10.6 Å². The standard InChI is InChI=1S/C17H22ClN3O4/c18-14-4-3-12(16(22)21-5-1-2-6-21)9-15(14)20-17(23)19-10-13-11-24-7-8-25-13/h3-4,9,13H,1-2,5-8,10-11H2,(H2,19,20,23)/t13-/m1/s1. The number of hydrogen-bond acceptors (Lipinski definition) is 4. The van der Waals surface area contributed by atoms with Gasteiger partial charge < -0.3 is 25.0 Å². The van der Waals surface area contributed by atoms with E-state index in [-0.39, 0.29) is 12.0 Å². The number of benzene rings is 1. The average Bonchev–Trinajstić information content (AvgIpc) is 3.17. The van der Waals surface area contributed by atoms with Crippen LogP contribution in [-0.2, 0) is 9.47 Å². The molecule has 136 valence electrons. The topological polar surface area (TPSA) is 79.9 Å². The Bertz CT molecular complexity index is 628. The Labute approximate surface area is 151 Å². The monoisotopic (exact) mass is 367 g/mol. The number of nitrogens with zero attached hydrogens (tertiary/aromatic N) is 1. The van der Waals surface area contributed by atoms with Crippen molar-refractivity contribution in [3.8, 4) is 0 Å². The van der Waals surface area contributed by atoms with E-state index in [0.29, 0.717) is 42.6 Å². The Kier molecular flexibility index (Phi) is 6.12. The maximum Gasteiger partial charge on any atom is 0.319 e. The molecule has 2 aliphatic heterocycles. The van der Waals surface area contributed by atoms with Crippen LogP contribution in [0.4, 0.5) is 10.5 Å². The van der Waals surface area contributed by atoms with E-state index in [0.717, 1.165) is 25.9 Å². The molecule has 0 bridgehead atoms. The number of anilines is 1. The van der Waals surface area contributed by atoms with Gasteiger partial charge in [-0.05, 0) is 31.0 Å². The molecule has 0 spiro atoms. The van der Waals surface area contributed by atoms with Crippen molar-refractivity contribution < 1.29 is 19.1 Å². The lowest BCUT2D eigenvalue weighted by molar-refractivity contribution is -0.0852. The molecule has 1 aromatic carbocycles. The van der Waals surface area contributed by atoms with Gasteiger partial charge in [0.15, 0.2) is 0 Å². The number of urea groups is 1. The molecule has 0 saturated carbocycles. The van der Waals surface area contributed by atoms with E-state index < -0.39 is 6.03 Å². The third kappa shape index (κ3) is 4.84. The Morgan fingerprint density at radius 2 is 2.04 bits per heavy atom. The number of carbonyl (C=O) groups excluding carboxylic acids is 2. The molecule has 2 saturated heterocycles. The minimum atomic E-state index is -0.401. The lowest BCUT2D eigenvalue weighted by atomic mass is 10.1. The zero-order chi connectivity index (χ0) is 17.6. The molecule has 1 atom stereocenters. The molecule has 0 aromatic heterocycles. The van der Waals surface area contributed by atoms with Crippen molar-refractivity contribution in [3.63, 3.8) is 0 Å². The molecule has 25 heavy (non-hydrogen) atoms. The number of carbonyl (C=O) groups is 2. The van der Waals surface area contributed by atoms with Gasteiger partial charge in [0, 0.05) is 25.2 Å². The largest absolute Gasteiger partial charge is 0.376 e. The van der Waals surface area contributed by atoms with Crippen molar-refractivity contribution in [1.29, 1.82) is 0 Å². The summed E-state index contributed by atoms with van der Waals surface area (Å²) in [5.41, 5.74) is 0.927. The fourth-order valence-electron chi connectivity index (χ4n) is 2.88. The second kappa shape index (κ2) is 8.51. The van der Waals surface area contributed by atoms with Gasteiger partial charge in [0.05, 0.1) is 36.6 Å². The highest BCUT2D eigenvalue weighted by Gasteiger charge is 2.21. The summed E-state index contributed by atoms with van der Waals surface area (Å²) >= 11 is 6.14. The summed E-state index contributed by atoms with van der Waals surface area (Å²) < 4.78 is 10.7. The maximum atomic E-state index is 12.5. The van der Waals surface area contributed by atoms with Crippen molar-refractivity contribution in [2.24, 2.45) is 0 Å². The fourth-order valence-corrected chi connectivity index (χ4v) is 3.05. The molecule has 3 rings (SSSR count). The summed E-state index contributed by atoms with van der Waals surface area (Å²) in [6.45, 7) is 3.45. The first-order valence-corrected chi connectivity index (χ1v) is 8.84. The number of likely N-dealkylation sites (tertiary alicyclic amines) is 1. The molecule has 2 heterocycles. The first-order valence-electron chi connectivity index (χ1n) is 8.46. The predicted octanol–water partition coefficient (Wildman–Crippen LogP) is 2.11. The molecule has 0 radical (unpaired) electrons. The zero-order valence-electron chi connectivity index (χ0n) is 13.9. The van der Waals surface area contributed by atoms with E-state index in [1.165, 1.54) is 0 Å². The van der Waals surface area contributed by atoms with Gasteiger partial charge in [0.25, 0.3) is 5.91 Å². The smallest absolute Gasteiger partial charge is 0.319 e. The van der Waals surface area contributed by atoms with Crippen LogP contribution in [0.15, 0.2) is 18.2 Å². The Hall–Kier alpha value is -1.83. The van der Waals surface area contributed by atoms with Crippen molar-refractivity contribution in [2.75, 3.05) is 44.8 Å². The lowest BCUT2D eigenvalue weighted by Gasteiger charge is -2.23. The number of nitrogens with one attached hydrogen (secondary N) is 2. The molecule has 3 amide bonds. The van der Waals surface area contributed by atoms with Crippen molar-refractivity contribution >= 4 is 29.2 Å². The van der Waals surface area contributed by atoms with Crippen LogP contribution in [0.2, 0.25) is 5.02 Å². The summed E-state index contributed by atoms with van der Waals surface area (Å²) in [4.78, 5) is 26.3. The van der Waals surface area contributed by atoms with Gasteiger partial charge in [-0.2, -0.15) is 0 Å². The van der Waals surface area contributed by atoms with Crippen LogP contribution >= 0.6 is 11.6 Å². The molecule has 1 aromatic rings. The first kappa shape index (κ1) is 18.0. The number of amides is 3. The second-order valence-electron chi connectivity index (χ2n) is 6.10. The number of ether oxygens (including phenoxy) is 2. The van der Waals surface area contributed by atoms with E-state index in [9.17, 15) is 9.59 Å². The van der Waals surface area contributed by atoms with Gasteiger partial charge in [0.1, 0.15) is 0 Å². The maximum absolute atomic E-state index is 12.5. The van der Waals surface area contributed by atoms with Crippen LogP contribution in [0.25, 0.3) is 0 Å². The average molecular weight is 368 g/mol. The molecule has 2 fully saturated rings. The van der Waals surface area contributed by atoms with Crippen molar-refractivity contribution in [3.05, 3.63) is 28.8 Å². The summed E-state index contributed by atoms with van der Waals surface area (Å²) in [5, 5.41) is 5.79. The number of hydrogen-bond donors (Lipinski definition) is 2. The van der Waals surface area contributed by atoms with Crippen LogP contribution in [0, 0.1) is 0 Å². The molecule has 0 aliphatic carbocycles. The summed E-state index contributed by atoms with van der Waals surface area (Å²) in [6.07, 6.45) is 1.90. The van der Waals surface area contributed by atoms with E-state index >= 15 is 0 Å². The van der Waals surface area contributed by atoms with E-state index in [1.54, 1.807) is 18.2 Å². The van der Waals surface area contributed by atoms with Gasteiger partial charge in [-0.3, -0.25) is 4.79 Å². The summed E-state index contributed by atoms with van der Waals surface area (Å²) in [7, 11) is 0. The molecular weight excluding hydrogens is 346 g/mol. The Balaban J connectivity index is 1.58. The quantitative estimate of drug-likeness (QED) is 0.854. The zero-order valence-corrected chi connectivity index (χ0v) is 14.7. The summed E-state index contributed by atoms with van der Waals surface area (Å²) in [5.74, 6) is -0.0367. The number of halogens is 1. The number of rotatable bonds is 4. The fraction of sp³-hybridized carbons (Fsp3) is 0.529. The van der Waals surface area contributed by atoms with Crippen LogP contribution in [0.3, 0.4) is 0 Å². The van der Waals surface area contributed by atoms with Gasteiger partial charge >= 0.3 is 6.03 Å².